The highest BCUT2D eigenvalue weighted by Gasteiger charge is 2.51. The summed E-state index contributed by atoms with van der Waals surface area (Å²) >= 11 is 0. The number of fused-ring (bicyclic) bond motifs is 3. The van der Waals surface area contributed by atoms with Crippen LogP contribution >= 0.6 is 0 Å². The Bertz CT molecular complexity index is 1350. The van der Waals surface area contributed by atoms with Gasteiger partial charge in [-0.2, -0.15) is 13.2 Å². The minimum absolute atomic E-state index is 0.0122. The molecule has 2 aromatic carbocycles. The second-order valence-corrected chi connectivity index (χ2v) is 14.2. The van der Waals surface area contributed by atoms with Gasteiger partial charge in [-0.15, -0.1) is 0 Å². The first-order chi connectivity index (χ1) is 19.9. The molecule has 6 nitrogen and oxygen atoms in total. The fourth-order valence-corrected chi connectivity index (χ4v) is 6.88. The van der Waals surface area contributed by atoms with E-state index in [0.29, 0.717) is 17.6 Å². The number of ether oxygens (including phenoxy) is 3. The molecule has 43 heavy (non-hydrogen) atoms. The van der Waals surface area contributed by atoms with Gasteiger partial charge in [-0.3, -0.25) is 14.4 Å². The maximum Gasteiger partial charge on any atom is 0.394 e. The Hall–Kier alpha value is -3.10. The lowest BCUT2D eigenvalue weighted by molar-refractivity contribution is -0.190. The van der Waals surface area contributed by atoms with E-state index in [1.54, 1.807) is 32.9 Å². The third kappa shape index (κ3) is 7.71. The zero-order valence-electron chi connectivity index (χ0n) is 25.9. The van der Waals surface area contributed by atoms with Crippen molar-refractivity contribution in [3.63, 3.8) is 0 Å². The van der Waals surface area contributed by atoms with Crippen molar-refractivity contribution in [1.82, 2.24) is 0 Å². The molecule has 2 aliphatic rings. The molecular weight excluding hydrogens is 561 g/mol. The summed E-state index contributed by atoms with van der Waals surface area (Å²) in [5.74, 6) is -2.56. The van der Waals surface area contributed by atoms with Crippen LogP contribution in [0, 0.1) is 34.0 Å². The lowest BCUT2D eigenvalue weighted by Gasteiger charge is -2.39. The van der Waals surface area contributed by atoms with E-state index in [0.717, 1.165) is 43.4 Å². The number of esters is 3. The van der Waals surface area contributed by atoms with E-state index in [4.69, 9.17) is 14.2 Å². The monoisotopic (exact) mass is 604 g/mol. The Kier molecular flexibility index (Phi) is 9.25. The number of hydrogen-bond donors (Lipinski definition) is 0. The number of benzene rings is 2. The van der Waals surface area contributed by atoms with Crippen LogP contribution in [0.4, 0.5) is 13.2 Å². The molecule has 2 aromatic rings. The molecule has 0 amide bonds. The number of halogens is 3. The first kappa shape index (κ1) is 32.8. The summed E-state index contributed by atoms with van der Waals surface area (Å²) in [6, 6.07) is 13.0. The van der Waals surface area contributed by atoms with Gasteiger partial charge in [0.05, 0.1) is 22.2 Å². The number of rotatable bonds is 11. The van der Waals surface area contributed by atoms with Crippen LogP contribution in [0.1, 0.15) is 80.1 Å². The molecule has 0 aromatic heterocycles. The summed E-state index contributed by atoms with van der Waals surface area (Å²) in [5.41, 5.74) is -3.86. The topological polar surface area (TPSA) is 78.9 Å². The predicted molar refractivity (Wildman–Crippen MR) is 156 cm³/mol. The highest BCUT2D eigenvalue weighted by molar-refractivity contribution is 5.86. The molecule has 2 aliphatic carbocycles. The van der Waals surface area contributed by atoms with Crippen molar-refractivity contribution in [1.29, 1.82) is 0 Å². The van der Waals surface area contributed by atoms with Crippen molar-refractivity contribution in [2.75, 3.05) is 6.61 Å². The molecule has 0 aliphatic heterocycles. The van der Waals surface area contributed by atoms with Crippen molar-refractivity contribution >= 4 is 28.7 Å². The summed E-state index contributed by atoms with van der Waals surface area (Å²) in [6.45, 7) is 8.21. The van der Waals surface area contributed by atoms with E-state index in [1.807, 2.05) is 30.3 Å². The fourth-order valence-electron chi connectivity index (χ4n) is 6.88. The first-order valence-electron chi connectivity index (χ1n) is 15.1. The van der Waals surface area contributed by atoms with E-state index >= 15 is 0 Å². The number of hydrogen-bond acceptors (Lipinski definition) is 6. The zero-order chi connectivity index (χ0) is 31.8. The summed E-state index contributed by atoms with van der Waals surface area (Å²) < 4.78 is 56.0. The molecule has 2 fully saturated rings. The van der Waals surface area contributed by atoms with Gasteiger partial charge in [0.1, 0.15) is 18.5 Å². The van der Waals surface area contributed by atoms with Gasteiger partial charge in [0.25, 0.3) is 0 Å². The molecule has 9 heteroatoms. The maximum absolute atomic E-state index is 13.9. The van der Waals surface area contributed by atoms with Crippen molar-refractivity contribution in [3.05, 3.63) is 42.5 Å². The lowest BCUT2D eigenvalue weighted by atomic mass is 9.66. The van der Waals surface area contributed by atoms with Crippen molar-refractivity contribution in [3.8, 4) is 5.75 Å². The smallest absolute Gasteiger partial charge is 0.394 e. The van der Waals surface area contributed by atoms with Gasteiger partial charge in [-0.1, -0.05) is 37.3 Å². The van der Waals surface area contributed by atoms with Crippen molar-refractivity contribution in [2.45, 2.75) is 92.3 Å². The van der Waals surface area contributed by atoms with Crippen LogP contribution in [0.15, 0.2) is 42.5 Å². The zero-order valence-corrected chi connectivity index (χ0v) is 25.9. The molecule has 0 spiro atoms. The van der Waals surface area contributed by atoms with E-state index in [2.05, 4.69) is 0 Å². The van der Waals surface area contributed by atoms with Crippen molar-refractivity contribution < 1.29 is 41.8 Å². The molecule has 2 bridgehead atoms. The molecule has 236 valence electrons. The minimum atomic E-state index is -4.50. The van der Waals surface area contributed by atoms with Gasteiger partial charge >= 0.3 is 24.1 Å². The first-order valence-corrected chi connectivity index (χ1v) is 15.1. The molecule has 0 heterocycles. The van der Waals surface area contributed by atoms with Gasteiger partial charge in [0.15, 0.2) is 0 Å². The van der Waals surface area contributed by atoms with Gasteiger partial charge < -0.3 is 14.2 Å². The van der Waals surface area contributed by atoms with Gasteiger partial charge in [0, 0.05) is 0 Å². The molecule has 5 atom stereocenters. The number of carbonyl (C=O) groups is 3. The van der Waals surface area contributed by atoms with E-state index in [1.165, 1.54) is 13.8 Å². The van der Waals surface area contributed by atoms with Gasteiger partial charge in [-0.25, -0.2) is 0 Å². The second-order valence-electron chi connectivity index (χ2n) is 14.2. The summed E-state index contributed by atoms with van der Waals surface area (Å²) in [7, 11) is 0. The predicted octanol–water partition coefficient (Wildman–Crippen LogP) is 8.06. The molecule has 0 radical (unpaired) electrons. The highest BCUT2D eigenvalue weighted by atomic mass is 19.4. The van der Waals surface area contributed by atoms with Crippen LogP contribution < -0.4 is 4.74 Å². The van der Waals surface area contributed by atoms with Crippen LogP contribution in [0.2, 0.25) is 0 Å². The maximum atomic E-state index is 13.9. The Balaban J connectivity index is 1.53. The van der Waals surface area contributed by atoms with Gasteiger partial charge in [0.2, 0.25) is 0 Å². The Labute approximate surface area is 251 Å². The molecular formula is C34H43F3O6. The molecule has 4 rings (SSSR count). The van der Waals surface area contributed by atoms with E-state index in [-0.39, 0.29) is 18.9 Å². The Morgan fingerprint density at radius 2 is 1.47 bits per heavy atom. The normalized spacial score (nSPS) is 22.6. The summed E-state index contributed by atoms with van der Waals surface area (Å²) in [4.78, 5) is 40.5. The van der Waals surface area contributed by atoms with Crippen LogP contribution in [-0.4, -0.2) is 36.8 Å². The van der Waals surface area contributed by atoms with Crippen LogP contribution in [0.25, 0.3) is 10.8 Å². The fraction of sp³-hybridized carbons (Fsp3) is 0.618. The van der Waals surface area contributed by atoms with Crippen LogP contribution in [-0.2, 0) is 23.9 Å². The average Bonchev–Trinajstić information content (AvgIpc) is 3.53. The SMILES string of the molecule is CC(COC(=O)C(C)(C)CC(C)(CC(C)(C)C(=O)Oc1ccc2ccccc2c1)C(=O)OC1CC2CCC1C2)C(F)(F)F. The minimum Gasteiger partial charge on any atom is -0.465 e. The molecule has 5 unspecified atom stereocenters. The summed E-state index contributed by atoms with van der Waals surface area (Å²) in [5, 5.41) is 1.90. The number of alkyl halides is 3. The average molecular weight is 605 g/mol. The van der Waals surface area contributed by atoms with Crippen LogP contribution in [0.5, 0.6) is 5.75 Å². The van der Waals surface area contributed by atoms with Crippen molar-refractivity contribution in [2.24, 2.45) is 34.0 Å². The molecule has 0 N–H and O–H groups in total. The largest absolute Gasteiger partial charge is 0.465 e. The van der Waals surface area contributed by atoms with Gasteiger partial charge in [-0.05, 0) is 108 Å². The standard InChI is InChI=1S/C34H43F3O6/c1-21(34(35,36)37)18-41-28(38)31(2,3)19-33(6,30(40)43-27-16-22-11-12-25(27)15-22)20-32(4,5)29(39)42-26-14-13-23-9-7-8-10-24(23)17-26/h7-10,13-14,17,21-22,25,27H,11-12,15-16,18-20H2,1-6H3. The third-order valence-electron chi connectivity index (χ3n) is 9.15. The Morgan fingerprint density at radius 1 is 0.837 bits per heavy atom. The van der Waals surface area contributed by atoms with E-state index in [9.17, 15) is 27.6 Å². The second kappa shape index (κ2) is 12.1. The third-order valence-corrected chi connectivity index (χ3v) is 9.15. The number of carbonyl (C=O) groups excluding carboxylic acids is 3. The lowest BCUT2D eigenvalue weighted by Crippen LogP contribution is -2.45. The quantitative estimate of drug-likeness (QED) is 0.191. The molecule has 2 saturated carbocycles. The Morgan fingerprint density at radius 3 is 2.05 bits per heavy atom. The summed E-state index contributed by atoms with van der Waals surface area (Å²) in [6.07, 6.45) is -0.891. The highest BCUT2D eigenvalue weighted by Crippen LogP contribution is 2.49. The van der Waals surface area contributed by atoms with Crippen LogP contribution in [0.3, 0.4) is 0 Å². The molecule has 0 saturated heterocycles. The van der Waals surface area contributed by atoms with E-state index < -0.39 is 52.9 Å².